The van der Waals surface area contributed by atoms with Crippen LogP contribution in [0.5, 0.6) is 0 Å². The topological polar surface area (TPSA) is 117 Å². The Hall–Kier alpha value is -2.68. The van der Waals surface area contributed by atoms with Crippen LogP contribution in [0.1, 0.15) is 19.4 Å². The highest BCUT2D eigenvalue weighted by molar-refractivity contribution is 7.89. The molecule has 2 N–H and O–H groups in total. The van der Waals surface area contributed by atoms with E-state index >= 15 is 0 Å². The minimum Gasteiger partial charge on any atom is -0.394 e. The number of alkyl halides is 3. The highest BCUT2D eigenvalue weighted by Gasteiger charge is 2.32. The minimum atomic E-state index is -4.50. The number of sulfonamides is 1. The number of aryl methyl sites for hydroxylation is 1. The van der Waals surface area contributed by atoms with E-state index in [0.29, 0.717) is 0 Å². The summed E-state index contributed by atoms with van der Waals surface area (Å²) in [4.78, 5) is 18.1. The fourth-order valence-electron chi connectivity index (χ4n) is 3.45. The molecule has 0 saturated carbocycles. The zero-order valence-corrected chi connectivity index (χ0v) is 21.5. The van der Waals surface area contributed by atoms with Gasteiger partial charge >= 0.3 is 12.2 Å². The third-order valence-corrected chi connectivity index (χ3v) is 7.44. The Morgan fingerprint density at radius 3 is 2.31 bits per heavy atom. The number of rotatable bonds is 11. The van der Waals surface area contributed by atoms with Gasteiger partial charge in [0.25, 0.3) is 10.0 Å². The van der Waals surface area contributed by atoms with Crippen LogP contribution in [0.4, 0.5) is 23.7 Å². The van der Waals surface area contributed by atoms with E-state index in [-0.39, 0.29) is 36.3 Å². The molecule has 202 valence electrons. The van der Waals surface area contributed by atoms with Crippen LogP contribution >= 0.6 is 0 Å². The summed E-state index contributed by atoms with van der Waals surface area (Å²) in [5.41, 5.74) is -0.692. The molecule has 10 nitrogen and oxygen atoms in total. The second kappa shape index (κ2) is 12.0. The second-order valence-electron chi connectivity index (χ2n) is 8.60. The number of amides is 2. The van der Waals surface area contributed by atoms with Gasteiger partial charge in [-0.3, -0.25) is 0 Å². The SMILES string of the molecule is CO[C@@H](CN(C)S(=O)(=O)c1cn(C)cn1)[C@@H](C)CN(C(=O)Nc1ccc(C(F)(F)F)cc1)[C@H](C)CO. The number of urea groups is 1. The van der Waals surface area contributed by atoms with Crippen molar-refractivity contribution < 1.29 is 36.2 Å². The van der Waals surface area contributed by atoms with E-state index in [9.17, 15) is 31.5 Å². The smallest absolute Gasteiger partial charge is 0.394 e. The van der Waals surface area contributed by atoms with Crippen LogP contribution in [0.3, 0.4) is 0 Å². The zero-order chi connectivity index (χ0) is 27.3. The first kappa shape index (κ1) is 29.5. The molecule has 3 atom stereocenters. The average Bonchev–Trinajstić information content (AvgIpc) is 3.26. The molecule has 0 radical (unpaired) electrons. The van der Waals surface area contributed by atoms with Crippen LogP contribution < -0.4 is 5.32 Å². The average molecular weight is 536 g/mol. The Balaban J connectivity index is 2.12. The number of anilines is 1. The summed E-state index contributed by atoms with van der Waals surface area (Å²) >= 11 is 0. The van der Waals surface area contributed by atoms with Gasteiger partial charge < -0.3 is 24.6 Å². The van der Waals surface area contributed by atoms with Crippen molar-refractivity contribution in [2.75, 3.05) is 39.2 Å². The number of benzene rings is 1. The first-order chi connectivity index (χ1) is 16.7. The number of carbonyl (C=O) groups excluding carboxylic acids is 1. The lowest BCUT2D eigenvalue weighted by atomic mass is 10.0. The van der Waals surface area contributed by atoms with Crippen LogP contribution in [0.25, 0.3) is 0 Å². The highest BCUT2D eigenvalue weighted by Crippen LogP contribution is 2.30. The third-order valence-electron chi connectivity index (χ3n) is 5.74. The van der Waals surface area contributed by atoms with Crippen molar-refractivity contribution in [2.45, 2.75) is 37.2 Å². The summed E-state index contributed by atoms with van der Waals surface area (Å²) < 4.78 is 72.2. The van der Waals surface area contributed by atoms with Gasteiger partial charge in [0.05, 0.1) is 30.6 Å². The fraction of sp³-hybridized carbons (Fsp3) is 0.545. The molecule has 36 heavy (non-hydrogen) atoms. The lowest BCUT2D eigenvalue weighted by Crippen LogP contribution is -2.48. The van der Waals surface area contributed by atoms with Gasteiger partial charge in [0, 0.05) is 52.1 Å². The molecule has 0 unspecified atom stereocenters. The third kappa shape index (κ3) is 7.41. The lowest BCUT2D eigenvalue weighted by Gasteiger charge is -2.34. The zero-order valence-electron chi connectivity index (χ0n) is 20.7. The molecule has 0 aliphatic heterocycles. The molecule has 1 aromatic heterocycles. The predicted octanol–water partition coefficient (Wildman–Crippen LogP) is 2.63. The van der Waals surface area contributed by atoms with Gasteiger partial charge in [-0.25, -0.2) is 18.2 Å². The van der Waals surface area contributed by atoms with E-state index in [1.165, 1.54) is 36.1 Å². The number of halogens is 3. The molecular weight excluding hydrogens is 503 g/mol. The number of hydrogen-bond donors (Lipinski definition) is 2. The molecule has 0 aliphatic rings. The van der Waals surface area contributed by atoms with Gasteiger partial charge in [0.15, 0.2) is 5.03 Å². The quantitative estimate of drug-likeness (QED) is 0.457. The minimum absolute atomic E-state index is 0.0293. The number of nitrogens with zero attached hydrogens (tertiary/aromatic N) is 4. The van der Waals surface area contributed by atoms with Gasteiger partial charge in [0.2, 0.25) is 0 Å². The van der Waals surface area contributed by atoms with E-state index in [2.05, 4.69) is 10.3 Å². The number of ether oxygens (including phenoxy) is 1. The van der Waals surface area contributed by atoms with E-state index < -0.39 is 39.9 Å². The normalized spacial score (nSPS) is 14.9. The maximum atomic E-state index is 12.9. The molecule has 0 saturated heterocycles. The summed E-state index contributed by atoms with van der Waals surface area (Å²) in [6.45, 7) is 3.05. The molecule has 1 heterocycles. The van der Waals surface area contributed by atoms with Crippen molar-refractivity contribution in [3.8, 4) is 0 Å². The number of carbonyl (C=O) groups is 1. The second-order valence-corrected chi connectivity index (χ2v) is 10.6. The van der Waals surface area contributed by atoms with Crippen molar-refractivity contribution in [3.05, 3.63) is 42.4 Å². The highest BCUT2D eigenvalue weighted by atomic mass is 32.2. The number of hydrogen-bond acceptors (Lipinski definition) is 6. The van der Waals surface area contributed by atoms with Crippen molar-refractivity contribution in [1.82, 2.24) is 18.8 Å². The number of methoxy groups -OCH3 is 1. The first-order valence-electron chi connectivity index (χ1n) is 11.0. The van der Waals surface area contributed by atoms with Crippen LogP contribution in [0.2, 0.25) is 0 Å². The van der Waals surface area contributed by atoms with E-state index in [1.54, 1.807) is 20.9 Å². The maximum absolute atomic E-state index is 12.9. The van der Waals surface area contributed by atoms with Crippen molar-refractivity contribution in [3.63, 3.8) is 0 Å². The number of likely N-dealkylation sites (N-methyl/N-ethyl adjacent to an activating group) is 1. The number of aliphatic hydroxyl groups excluding tert-OH is 1. The van der Waals surface area contributed by atoms with Crippen LogP contribution in [-0.4, -0.2) is 84.3 Å². The number of nitrogens with one attached hydrogen (secondary N) is 1. The molecule has 2 rings (SSSR count). The molecule has 2 amide bonds. The molecule has 1 aromatic carbocycles. The molecule has 0 aliphatic carbocycles. The molecule has 0 spiro atoms. The fourth-order valence-corrected chi connectivity index (χ4v) is 4.59. The van der Waals surface area contributed by atoms with Gasteiger partial charge in [-0.1, -0.05) is 6.92 Å². The van der Waals surface area contributed by atoms with E-state index in [0.717, 1.165) is 28.6 Å². The molecule has 0 fully saturated rings. The van der Waals surface area contributed by atoms with Gasteiger partial charge in [-0.15, -0.1) is 0 Å². The van der Waals surface area contributed by atoms with Gasteiger partial charge in [0.1, 0.15) is 0 Å². The van der Waals surface area contributed by atoms with Crippen LogP contribution in [0.15, 0.2) is 41.8 Å². The largest absolute Gasteiger partial charge is 0.416 e. The molecular formula is C22H32F3N5O5S. The standard InChI is InChI=1S/C22H32F3N5O5S/c1-15(19(35-5)11-29(4)36(33,34)20-12-28(3)14-26-20)10-30(16(2)13-31)21(32)27-18-8-6-17(7-9-18)22(23,24)25/h6-9,12,14-16,19,31H,10-11,13H2,1-5H3,(H,27,32)/t15-,16+,19-/m0/s1. The Bertz CT molecular complexity index is 1110. The summed E-state index contributed by atoms with van der Waals surface area (Å²) in [6, 6.07) is 2.73. The summed E-state index contributed by atoms with van der Waals surface area (Å²) in [5, 5.41) is 12.1. The van der Waals surface area contributed by atoms with E-state index in [1.807, 2.05) is 0 Å². The van der Waals surface area contributed by atoms with Crippen molar-refractivity contribution in [2.24, 2.45) is 13.0 Å². The Kier molecular flexibility index (Phi) is 9.88. The van der Waals surface area contributed by atoms with Crippen molar-refractivity contribution in [1.29, 1.82) is 0 Å². The number of aliphatic hydroxyl groups is 1. The lowest BCUT2D eigenvalue weighted by molar-refractivity contribution is -0.137. The summed E-state index contributed by atoms with van der Waals surface area (Å²) in [6.07, 6.45) is -2.36. The monoisotopic (exact) mass is 535 g/mol. The molecule has 0 bridgehead atoms. The Morgan fingerprint density at radius 2 is 1.83 bits per heavy atom. The summed E-state index contributed by atoms with van der Waals surface area (Å²) in [7, 11) is 0.601. The van der Waals surface area contributed by atoms with Crippen LogP contribution in [-0.2, 0) is 28.0 Å². The Morgan fingerprint density at radius 1 is 1.22 bits per heavy atom. The molecule has 2 aromatic rings. The van der Waals surface area contributed by atoms with E-state index in [4.69, 9.17) is 4.74 Å². The predicted molar refractivity (Wildman–Crippen MR) is 127 cm³/mol. The Labute approximate surface area is 208 Å². The number of imidazole rings is 1. The summed E-state index contributed by atoms with van der Waals surface area (Å²) in [5.74, 6) is -0.385. The maximum Gasteiger partial charge on any atom is 0.416 e. The number of aromatic nitrogens is 2. The first-order valence-corrected chi connectivity index (χ1v) is 12.5. The van der Waals surface area contributed by atoms with Gasteiger partial charge in [-0.05, 0) is 31.2 Å². The van der Waals surface area contributed by atoms with Crippen LogP contribution in [0, 0.1) is 5.92 Å². The van der Waals surface area contributed by atoms with Gasteiger partial charge in [-0.2, -0.15) is 17.5 Å². The molecule has 14 heteroatoms. The van der Waals surface area contributed by atoms with Crippen molar-refractivity contribution >= 4 is 21.7 Å².